The lowest BCUT2D eigenvalue weighted by molar-refractivity contribution is -0.136. The predicted molar refractivity (Wildman–Crippen MR) is 76.2 cm³/mol. The Morgan fingerprint density at radius 1 is 1.35 bits per heavy atom. The Kier molecular flexibility index (Phi) is 4.30. The van der Waals surface area contributed by atoms with Crippen LogP contribution in [-0.4, -0.2) is 45.8 Å². The van der Waals surface area contributed by atoms with Crippen molar-refractivity contribution in [3.63, 3.8) is 0 Å². The summed E-state index contributed by atoms with van der Waals surface area (Å²) in [4.78, 5) is 14.0. The molecule has 5 nitrogen and oxygen atoms in total. The molecule has 0 radical (unpaired) electrons. The first-order chi connectivity index (χ1) is 9.37. The number of phenolic OH excluding ortho intramolecular Hbond substituents is 1. The molecule has 4 N–H and O–H groups in total. The van der Waals surface area contributed by atoms with E-state index in [0.717, 1.165) is 5.56 Å². The minimum atomic E-state index is -0.669. The highest BCUT2D eigenvalue weighted by Crippen LogP contribution is 2.21. The van der Waals surface area contributed by atoms with E-state index in [4.69, 9.17) is 5.73 Å². The van der Waals surface area contributed by atoms with E-state index in [2.05, 4.69) is 0 Å². The van der Waals surface area contributed by atoms with Gasteiger partial charge in [0.05, 0.1) is 11.6 Å². The van der Waals surface area contributed by atoms with E-state index in [1.165, 1.54) is 0 Å². The van der Waals surface area contributed by atoms with Gasteiger partial charge in [0.1, 0.15) is 5.75 Å². The van der Waals surface area contributed by atoms with Gasteiger partial charge in [-0.2, -0.15) is 0 Å². The van der Waals surface area contributed by atoms with E-state index in [1.54, 1.807) is 36.1 Å². The summed E-state index contributed by atoms with van der Waals surface area (Å²) < 4.78 is 0. The smallest absolute Gasteiger partial charge is 0.239 e. The third-order valence-electron chi connectivity index (χ3n) is 3.86. The van der Waals surface area contributed by atoms with Crippen LogP contribution >= 0.6 is 0 Å². The Morgan fingerprint density at radius 3 is 2.45 bits per heavy atom. The van der Waals surface area contributed by atoms with Crippen LogP contribution in [0, 0.1) is 0 Å². The molecule has 1 amide bonds. The van der Waals surface area contributed by atoms with E-state index in [-0.39, 0.29) is 11.7 Å². The second kappa shape index (κ2) is 5.81. The zero-order valence-corrected chi connectivity index (χ0v) is 11.7. The summed E-state index contributed by atoms with van der Waals surface area (Å²) in [5, 5.41) is 19.1. The van der Waals surface area contributed by atoms with Crippen LogP contribution in [0.15, 0.2) is 24.3 Å². The van der Waals surface area contributed by atoms with Gasteiger partial charge in [0.2, 0.25) is 5.91 Å². The van der Waals surface area contributed by atoms with Gasteiger partial charge in [0.25, 0.3) is 0 Å². The molecule has 0 bridgehead atoms. The van der Waals surface area contributed by atoms with Crippen molar-refractivity contribution in [1.29, 1.82) is 0 Å². The minimum absolute atomic E-state index is 0.0754. The maximum absolute atomic E-state index is 12.3. The normalized spacial score (nSPS) is 19.6. The highest BCUT2D eigenvalue weighted by atomic mass is 16.3. The molecule has 1 aliphatic heterocycles. The fraction of sp³-hybridized carbons (Fsp3) is 0.533. The number of aliphatic hydroxyl groups is 1. The number of likely N-dealkylation sites (tertiary alicyclic amines) is 1. The largest absolute Gasteiger partial charge is 0.508 e. The van der Waals surface area contributed by atoms with Crippen molar-refractivity contribution in [1.82, 2.24) is 4.90 Å². The number of piperidine rings is 1. The van der Waals surface area contributed by atoms with Gasteiger partial charge in [0, 0.05) is 13.1 Å². The Hall–Kier alpha value is -1.59. The Bertz CT molecular complexity index is 461. The maximum Gasteiger partial charge on any atom is 0.239 e. The first kappa shape index (κ1) is 14.8. The molecule has 1 heterocycles. The van der Waals surface area contributed by atoms with Crippen molar-refractivity contribution in [3.8, 4) is 5.75 Å². The Labute approximate surface area is 119 Å². The molecule has 1 saturated heterocycles. The molecule has 0 saturated carbocycles. The van der Waals surface area contributed by atoms with Gasteiger partial charge < -0.3 is 20.8 Å². The number of nitrogens with two attached hydrogens (primary N) is 1. The van der Waals surface area contributed by atoms with Crippen LogP contribution in [0.1, 0.15) is 25.3 Å². The predicted octanol–water partition coefficient (Wildman–Crippen LogP) is 0.635. The molecule has 20 heavy (non-hydrogen) atoms. The van der Waals surface area contributed by atoms with Crippen LogP contribution in [0.2, 0.25) is 0 Å². The molecule has 5 heteroatoms. The summed E-state index contributed by atoms with van der Waals surface area (Å²) in [6.07, 6.45) is 1.63. The molecule has 1 aromatic rings. The van der Waals surface area contributed by atoms with Gasteiger partial charge in [0.15, 0.2) is 0 Å². The van der Waals surface area contributed by atoms with Crippen LogP contribution in [0.5, 0.6) is 5.75 Å². The second-order valence-corrected chi connectivity index (χ2v) is 5.80. The number of rotatable bonds is 3. The van der Waals surface area contributed by atoms with Crippen LogP contribution in [-0.2, 0) is 11.2 Å². The van der Waals surface area contributed by atoms with Crippen LogP contribution in [0.25, 0.3) is 0 Å². The molecule has 1 aromatic carbocycles. The third-order valence-corrected chi connectivity index (χ3v) is 3.86. The zero-order valence-electron chi connectivity index (χ0n) is 11.7. The van der Waals surface area contributed by atoms with Crippen molar-refractivity contribution >= 4 is 5.91 Å². The van der Waals surface area contributed by atoms with Crippen LogP contribution in [0.3, 0.4) is 0 Å². The molecule has 0 aliphatic carbocycles. The van der Waals surface area contributed by atoms with Gasteiger partial charge >= 0.3 is 0 Å². The van der Waals surface area contributed by atoms with Gasteiger partial charge in [-0.1, -0.05) is 12.1 Å². The maximum atomic E-state index is 12.3. The topological polar surface area (TPSA) is 86.8 Å². The molecular formula is C15H22N2O3. The number of amides is 1. The number of hydrogen-bond donors (Lipinski definition) is 3. The van der Waals surface area contributed by atoms with E-state index in [1.807, 2.05) is 0 Å². The standard InChI is InChI=1S/C15H22N2O3/c1-15(20)6-8-17(9-7-15)14(19)13(16)10-11-2-4-12(18)5-3-11/h2-5,13,18,20H,6-10,16H2,1H3. The number of nitrogens with zero attached hydrogens (tertiary/aromatic N) is 1. The minimum Gasteiger partial charge on any atom is -0.508 e. The first-order valence-electron chi connectivity index (χ1n) is 6.92. The summed E-state index contributed by atoms with van der Waals surface area (Å²) in [5.74, 6) is 0.125. The van der Waals surface area contributed by atoms with Gasteiger partial charge in [-0.15, -0.1) is 0 Å². The summed E-state index contributed by atoms with van der Waals surface area (Å²) in [6.45, 7) is 2.90. The van der Waals surface area contributed by atoms with E-state index in [9.17, 15) is 15.0 Å². The summed E-state index contributed by atoms with van der Waals surface area (Å²) >= 11 is 0. The average Bonchev–Trinajstić information content (AvgIpc) is 2.40. The zero-order chi connectivity index (χ0) is 14.8. The Morgan fingerprint density at radius 2 is 1.90 bits per heavy atom. The average molecular weight is 278 g/mol. The van der Waals surface area contributed by atoms with Crippen molar-refractivity contribution in [2.24, 2.45) is 5.73 Å². The number of carbonyl (C=O) groups excluding carboxylic acids is 1. The first-order valence-corrected chi connectivity index (χ1v) is 6.92. The number of carbonyl (C=O) groups is 1. The number of benzene rings is 1. The van der Waals surface area contributed by atoms with Gasteiger partial charge in [-0.05, 0) is 43.9 Å². The Balaban J connectivity index is 1.90. The molecule has 1 fully saturated rings. The fourth-order valence-corrected chi connectivity index (χ4v) is 2.42. The molecule has 0 spiro atoms. The van der Waals surface area contributed by atoms with Gasteiger partial charge in [-0.25, -0.2) is 0 Å². The summed E-state index contributed by atoms with van der Waals surface area (Å²) in [6, 6.07) is 6.13. The van der Waals surface area contributed by atoms with Crippen molar-refractivity contribution in [2.75, 3.05) is 13.1 Å². The van der Waals surface area contributed by atoms with Crippen molar-refractivity contribution < 1.29 is 15.0 Å². The molecular weight excluding hydrogens is 256 g/mol. The molecule has 2 rings (SSSR count). The van der Waals surface area contributed by atoms with E-state index >= 15 is 0 Å². The second-order valence-electron chi connectivity index (χ2n) is 5.80. The monoisotopic (exact) mass is 278 g/mol. The molecule has 1 atom stereocenters. The lowest BCUT2D eigenvalue weighted by Gasteiger charge is -2.36. The lowest BCUT2D eigenvalue weighted by atomic mass is 9.93. The molecule has 110 valence electrons. The van der Waals surface area contributed by atoms with Crippen LogP contribution < -0.4 is 5.73 Å². The highest BCUT2D eigenvalue weighted by molar-refractivity contribution is 5.82. The third kappa shape index (κ3) is 3.71. The van der Waals surface area contributed by atoms with Crippen molar-refractivity contribution in [3.05, 3.63) is 29.8 Å². The number of phenols is 1. The van der Waals surface area contributed by atoms with Crippen LogP contribution in [0.4, 0.5) is 0 Å². The number of hydrogen-bond acceptors (Lipinski definition) is 4. The molecule has 0 aromatic heterocycles. The fourth-order valence-electron chi connectivity index (χ4n) is 2.42. The SMILES string of the molecule is CC1(O)CCN(C(=O)C(N)Cc2ccc(O)cc2)CC1. The van der Waals surface area contributed by atoms with Gasteiger partial charge in [-0.3, -0.25) is 4.79 Å². The summed E-state index contributed by atoms with van der Waals surface area (Å²) in [5.41, 5.74) is 6.22. The molecule has 1 unspecified atom stereocenters. The number of aromatic hydroxyl groups is 1. The molecule has 1 aliphatic rings. The summed E-state index contributed by atoms with van der Waals surface area (Å²) in [7, 11) is 0. The quantitative estimate of drug-likeness (QED) is 0.757. The lowest BCUT2D eigenvalue weighted by Crippen LogP contribution is -2.51. The van der Waals surface area contributed by atoms with E-state index < -0.39 is 11.6 Å². The van der Waals surface area contributed by atoms with Crippen molar-refractivity contribution in [2.45, 2.75) is 37.8 Å². The van der Waals surface area contributed by atoms with E-state index in [0.29, 0.717) is 32.4 Å². The highest BCUT2D eigenvalue weighted by Gasteiger charge is 2.31.